The van der Waals surface area contributed by atoms with E-state index >= 15 is 0 Å². The van der Waals surface area contributed by atoms with Gasteiger partial charge in [-0.2, -0.15) is 4.57 Å². The minimum absolute atomic E-state index is 0. The molecule has 1 aromatic heterocycles. The maximum absolute atomic E-state index is 11.4. The summed E-state index contributed by atoms with van der Waals surface area (Å²) in [6.45, 7) is 0.900. The van der Waals surface area contributed by atoms with Gasteiger partial charge < -0.3 is 41.0 Å². The van der Waals surface area contributed by atoms with Gasteiger partial charge in [0.05, 0.1) is 33.8 Å². The molecule has 5 rings (SSSR count). The van der Waals surface area contributed by atoms with Crippen molar-refractivity contribution in [2.45, 2.75) is 25.8 Å². The number of hydrogen-bond acceptors (Lipinski definition) is 5. The van der Waals surface area contributed by atoms with E-state index in [0.29, 0.717) is 28.7 Å². The summed E-state index contributed by atoms with van der Waals surface area (Å²) in [6.07, 6.45) is 5.21. The molecule has 0 atom stereocenters. The first-order valence-corrected chi connectivity index (χ1v) is 10.4. The van der Waals surface area contributed by atoms with Gasteiger partial charge in [-0.1, -0.05) is 0 Å². The van der Waals surface area contributed by atoms with Crippen molar-refractivity contribution in [3.8, 4) is 28.7 Å². The molecule has 0 fully saturated rings. The predicted molar refractivity (Wildman–Crippen MR) is 120 cm³/mol. The Morgan fingerprint density at radius 1 is 0.688 bits per heavy atom. The second kappa shape index (κ2) is 8.54. The first-order valence-electron chi connectivity index (χ1n) is 10.4. The van der Waals surface area contributed by atoms with Crippen LogP contribution < -0.4 is 40.5 Å². The Labute approximate surface area is 197 Å². The number of aryl methyl sites for hydroxylation is 1. The Kier molecular flexibility index (Phi) is 5.95. The summed E-state index contributed by atoms with van der Waals surface area (Å²) in [5.74, 6) is 2.91. The van der Waals surface area contributed by atoms with E-state index in [0.717, 1.165) is 63.8 Å². The fourth-order valence-electron chi connectivity index (χ4n) is 4.85. The van der Waals surface area contributed by atoms with E-state index in [1.54, 1.807) is 28.4 Å². The maximum atomic E-state index is 11.4. The van der Waals surface area contributed by atoms with Crippen LogP contribution >= 0.6 is 0 Å². The van der Waals surface area contributed by atoms with Crippen LogP contribution in [-0.2, 0) is 13.0 Å². The summed E-state index contributed by atoms with van der Waals surface area (Å²) in [4.78, 5) is 0. The number of methoxy groups -OCH3 is 4. The van der Waals surface area contributed by atoms with Crippen molar-refractivity contribution in [3.63, 3.8) is 0 Å². The molecular weight excluding hydrogens is 474 g/mol. The Morgan fingerprint density at radius 3 is 1.69 bits per heavy atom. The van der Waals surface area contributed by atoms with Crippen LogP contribution in [-0.4, -0.2) is 33.5 Å². The van der Waals surface area contributed by atoms with E-state index < -0.39 is 0 Å². The molecule has 3 aromatic carbocycles. The van der Waals surface area contributed by atoms with Gasteiger partial charge in [0.1, 0.15) is 6.54 Å². The largest absolute Gasteiger partial charge is 1.00 e. The number of nitrogens with zero attached hydrogens (tertiary/aromatic N) is 1. The SMILES string of the molecule is COc1cc2c3cc(OC)c(OC)cc3c3c(O)c4[n+](cc3c2cc1OC)CCCC4.[Br-]. The van der Waals surface area contributed by atoms with Crippen molar-refractivity contribution in [1.29, 1.82) is 0 Å². The van der Waals surface area contributed by atoms with Gasteiger partial charge in [-0.05, 0) is 46.8 Å². The van der Waals surface area contributed by atoms with Gasteiger partial charge >= 0.3 is 0 Å². The lowest BCUT2D eigenvalue weighted by Gasteiger charge is -2.18. The van der Waals surface area contributed by atoms with Crippen molar-refractivity contribution in [2.75, 3.05) is 28.4 Å². The fraction of sp³-hybridized carbons (Fsp3) is 0.320. The van der Waals surface area contributed by atoms with Crippen LogP contribution in [0.4, 0.5) is 0 Å². The van der Waals surface area contributed by atoms with Crippen molar-refractivity contribution in [1.82, 2.24) is 0 Å². The molecule has 0 spiro atoms. The van der Waals surface area contributed by atoms with Gasteiger partial charge in [0.2, 0.25) is 5.69 Å². The Hall–Kier alpha value is -2.93. The molecule has 4 aromatic rings. The second-order valence-electron chi connectivity index (χ2n) is 7.87. The second-order valence-corrected chi connectivity index (χ2v) is 7.87. The van der Waals surface area contributed by atoms with Crippen LogP contribution in [0.3, 0.4) is 0 Å². The average Bonchev–Trinajstić information content (AvgIpc) is 2.82. The molecule has 0 saturated heterocycles. The topological polar surface area (TPSA) is 61.0 Å². The van der Waals surface area contributed by atoms with E-state index in [1.165, 1.54) is 0 Å². The third-order valence-electron chi connectivity index (χ3n) is 6.37. The van der Waals surface area contributed by atoms with E-state index in [4.69, 9.17) is 18.9 Å². The quantitative estimate of drug-likeness (QED) is 0.340. The summed E-state index contributed by atoms with van der Waals surface area (Å²) in [5.41, 5.74) is 0.981. The summed E-state index contributed by atoms with van der Waals surface area (Å²) in [6, 6.07) is 7.89. The molecule has 32 heavy (non-hydrogen) atoms. The number of hydrogen-bond donors (Lipinski definition) is 1. The highest BCUT2D eigenvalue weighted by Crippen LogP contribution is 2.46. The maximum Gasteiger partial charge on any atom is 0.224 e. The lowest BCUT2D eigenvalue weighted by atomic mass is 9.92. The summed E-state index contributed by atoms with van der Waals surface area (Å²) in [5, 5.41) is 17.1. The zero-order chi connectivity index (χ0) is 21.7. The number of aromatic nitrogens is 1. The van der Waals surface area contributed by atoms with Gasteiger partial charge in [-0.15, -0.1) is 0 Å². The fourth-order valence-corrected chi connectivity index (χ4v) is 4.85. The van der Waals surface area contributed by atoms with Crippen LogP contribution in [0.25, 0.3) is 32.3 Å². The minimum Gasteiger partial charge on any atom is -1.00 e. The molecule has 0 radical (unpaired) electrons. The summed E-state index contributed by atoms with van der Waals surface area (Å²) in [7, 11) is 6.52. The van der Waals surface area contributed by atoms with E-state index in [2.05, 4.69) is 10.8 Å². The molecule has 0 unspecified atom stereocenters. The predicted octanol–water partition coefficient (Wildman–Crippen LogP) is 1.51. The van der Waals surface area contributed by atoms with Crippen LogP contribution in [0.15, 0.2) is 30.5 Å². The van der Waals surface area contributed by atoms with Gasteiger partial charge in [-0.3, -0.25) is 0 Å². The zero-order valence-electron chi connectivity index (χ0n) is 18.6. The Bertz CT molecular complexity index is 1300. The molecular formula is C25H26BrNO5. The number of benzene rings is 3. The number of ether oxygens (including phenoxy) is 4. The van der Waals surface area contributed by atoms with Gasteiger partial charge in [0.25, 0.3) is 0 Å². The molecule has 7 heteroatoms. The number of rotatable bonds is 4. The van der Waals surface area contributed by atoms with Gasteiger partial charge in [0.15, 0.2) is 34.9 Å². The van der Waals surface area contributed by atoms with E-state index in [-0.39, 0.29) is 17.0 Å². The Balaban J connectivity index is 0.00000245. The molecule has 0 amide bonds. The van der Waals surface area contributed by atoms with Crippen molar-refractivity contribution in [2.24, 2.45) is 0 Å². The van der Waals surface area contributed by atoms with E-state index in [1.807, 2.05) is 24.3 Å². The van der Waals surface area contributed by atoms with Crippen molar-refractivity contribution >= 4 is 32.3 Å². The molecule has 0 saturated carbocycles. The highest BCUT2D eigenvalue weighted by atomic mass is 79.9. The van der Waals surface area contributed by atoms with Crippen LogP contribution in [0, 0.1) is 0 Å². The number of halogens is 1. The molecule has 1 aliphatic rings. The summed E-state index contributed by atoms with van der Waals surface area (Å²) >= 11 is 0. The molecule has 1 N–H and O–H groups in total. The molecule has 1 aliphatic heterocycles. The van der Waals surface area contributed by atoms with Crippen LogP contribution in [0.1, 0.15) is 18.5 Å². The lowest BCUT2D eigenvalue weighted by molar-refractivity contribution is -0.708. The summed E-state index contributed by atoms with van der Waals surface area (Å²) < 4.78 is 24.5. The first-order chi connectivity index (χ1) is 15.1. The van der Waals surface area contributed by atoms with Crippen molar-refractivity contribution < 1.29 is 45.6 Å². The Morgan fingerprint density at radius 2 is 1.16 bits per heavy atom. The number of aromatic hydroxyl groups is 1. The first kappa shape index (κ1) is 22.3. The third-order valence-corrected chi connectivity index (χ3v) is 6.37. The highest BCUT2D eigenvalue weighted by molar-refractivity contribution is 6.27. The molecule has 0 aliphatic carbocycles. The average molecular weight is 500 g/mol. The monoisotopic (exact) mass is 499 g/mol. The zero-order valence-corrected chi connectivity index (χ0v) is 20.2. The molecule has 168 valence electrons. The lowest BCUT2D eigenvalue weighted by Crippen LogP contribution is -3.00. The van der Waals surface area contributed by atoms with E-state index in [9.17, 15) is 5.11 Å². The smallest absolute Gasteiger partial charge is 0.224 e. The molecule has 2 heterocycles. The normalized spacial score (nSPS) is 13.0. The van der Waals surface area contributed by atoms with Crippen LogP contribution in [0.5, 0.6) is 28.7 Å². The standard InChI is InChI=1S/C25H25NO5.BrH/c1-28-20-9-14-15-10-21(29-2)23(31-4)12-17(15)24-18(16(14)11-22(20)30-3)13-26-8-6-5-7-19(26)25(24)27;/h9-13H,5-8H2,1-4H3;1H. The van der Waals surface area contributed by atoms with Crippen molar-refractivity contribution in [3.05, 3.63) is 36.2 Å². The van der Waals surface area contributed by atoms with Crippen LogP contribution in [0.2, 0.25) is 0 Å². The van der Waals surface area contributed by atoms with Gasteiger partial charge in [-0.25, -0.2) is 0 Å². The number of fused-ring (bicyclic) bond motifs is 7. The minimum atomic E-state index is 0. The number of pyridine rings is 1. The third kappa shape index (κ3) is 3.18. The molecule has 0 bridgehead atoms. The van der Waals surface area contributed by atoms with Gasteiger partial charge in [0, 0.05) is 23.6 Å². The highest BCUT2D eigenvalue weighted by Gasteiger charge is 2.27. The molecule has 6 nitrogen and oxygen atoms in total.